The summed E-state index contributed by atoms with van der Waals surface area (Å²) in [5.74, 6) is 1.68. The molecule has 8 nitrogen and oxygen atoms in total. The highest BCUT2D eigenvalue weighted by Crippen LogP contribution is 2.30. The molecule has 2 aromatic rings. The molecule has 162 valence electrons. The van der Waals surface area contributed by atoms with Crippen molar-refractivity contribution < 1.29 is 9.59 Å². The van der Waals surface area contributed by atoms with Crippen LogP contribution in [0.2, 0.25) is 0 Å². The monoisotopic (exact) mass is 430 g/mol. The third-order valence-electron chi connectivity index (χ3n) is 5.98. The maximum atomic E-state index is 13.0. The van der Waals surface area contributed by atoms with Gasteiger partial charge in [-0.15, -0.1) is 0 Å². The van der Waals surface area contributed by atoms with Crippen molar-refractivity contribution in [1.29, 1.82) is 0 Å². The van der Waals surface area contributed by atoms with Crippen molar-refractivity contribution in [2.45, 2.75) is 45.1 Å². The first-order valence-electron chi connectivity index (χ1n) is 10.7. The molecule has 0 radical (unpaired) electrons. The Hall–Kier alpha value is -2.29. The number of carbonyl (C=O) groups is 2. The first-order valence-corrected chi connectivity index (χ1v) is 12.1. The number of nitrogens with zero attached hydrogens (tertiary/aromatic N) is 5. The molecule has 1 saturated heterocycles. The van der Waals surface area contributed by atoms with Crippen LogP contribution in [0.1, 0.15) is 37.4 Å². The van der Waals surface area contributed by atoms with E-state index in [4.69, 9.17) is 10.1 Å². The lowest BCUT2D eigenvalue weighted by Gasteiger charge is -2.37. The summed E-state index contributed by atoms with van der Waals surface area (Å²) in [6, 6.07) is -0.440. The zero-order valence-corrected chi connectivity index (χ0v) is 18.6. The second-order valence-electron chi connectivity index (χ2n) is 8.02. The van der Waals surface area contributed by atoms with Crippen LogP contribution >= 0.6 is 11.8 Å². The number of carbonyl (C=O) groups excluding carboxylic acids is 2. The van der Waals surface area contributed by atoms with Crippen molar-refractivity contribution >= 4 is 34.9 Å². The lowest BCUT2D eigenvalue weighted by molar-refractivity contribution is -0.136. The fourth-order valence-corrected chi connectivity index (χ4v) is 4.95. The normalized spacial score (nSPS) is 17.7. The first kappa shape index (κ1) is 21.0. The smallest absolute Gasteiger partial charge is 0.245 e. The fourth-order valence-electron chi connectivity index (χ4n) is 4.48. The van der Waals surface area contributed by atoms with E-state index in [1.807, 2.05) is 28.1 Å². The van der Waals surface area contributed by atoms with E-state index in [-0.39, 0.29) is 11.8 Å². The van der Waals surface area contributed by atoms with Crippen LogP contribution in [0.4, 0.5) is 5.82 Å². The number of aryl methyl sites for hydroxylation is 2. The van der Waals surface area contributed by atoms with Gasteiger partial charge >= 0.3 is 0 Å². The number of nitrogens with one attached hydrogen (secondary N) is 1. The Bertz CT molecular complexity index is 922. The van der Waals surface area contributed by atoms with Gasteiger partial charge in [0.05, 0.1) is 5.69 Å². The quantitative estimate of drug-likeness (QED) is 0.748. The van der Waals surface area contributed by atoms with Gasteiger partial charge in [0.25, 0.3) is 0 Å². The molecule has 30 heavy (non-hydrogen) atoms. The van der Waals surface area contributed by atoms with Crippen LogP contribution in [0.3, 0.4) is 0 Å². The molecule has 0 bridgehead atoms. The molecule has 1 fully saturated rings. The van der Waals surface area contributed by atoms with Crippen molar-refractivity contribution in [3.05, 3.63) is 23.7 Å². The maximum absolute atomic E-state index is 13.0. The summed E-state index contributed by atoms with van der Waals surface area (Å²) in [6.45, 7) is 4.19. The van der Waals surface area contributed by atoms with Gasteiger partial charge < -0.3 is 15.1 Å². The second kappa shape index (κ2) is 9.24. The highest BCUT2D eigenvalue weighted by Gasteiger charge is 2.29. The zero-order chi connectivity index (χ0) is 21.1. The molecule has 0 saturated carbocycles. The molecule has 2 aromatic heterocycles. The molecule has 3 heterocycles. The van der Waals surface area contributed by atoms with E-state index in [1.165, 1.54) is 31.0 Å². The van der Waals surface area contributed by atoms with E-state index in [0.29, 0.717) is 19.5 Å². The molecular weight excluding hydrogens is 400 g/mol. The molecule has 1 unspecified atom stereocenters. The Labute approximate surface area is 181 Å². The summed E-state index contributed by atoms with van der Waals surface area (Å²) in [5.41, 5.74) is 3.67. The highest BCUT2D eigenvalue weighted by molar-refractivity contribution is 7.98. The van der Waals surface area contributed by atoms with Crippen molar-refractivity contribution in [3.63, 3.8) is 0 Å². The Morgan fingerprint density at radius 1 is 1.20 bits per heavy atom. The van der Waals surface area contributed by atoms with Crippen LogP contribution in [0.5, 0.6) is 0 Å². The Balaban J connectivity index is 1.47. The van der Waals surface area contributed by atoms with E-state index >= 15 is 0 Å². The predicted octanol–water partition coefficient (Wildman–Crippen LogP) is 1.51. The van der Waals surface area contributed by atoms with Gasteiger partial charge in [-0.3, -0.25) is 9.59 Å². The maximum Gasteiger partial charge on any atom is 0.245 e. The Morgan fingerprint density at radius 3 is 2.70 bits per heavy atom. The molecule has 1 atom stereocenters. The lowest BCUT2D eigenvalue weighted by Crippen LogP contribution is -2.55. The predicted molar refractivity (Wildman–Crippen MR) is 119 cm³/mol. The third-order valence-corrected chi connectivity index (χ3v) is 6.62. The standard InChI is InChI=1S/C21H30N6O2S/c1-15(28)23-18(7-14-30-2)21(29)26-12-10-25(11-13-26)20-19-16-5-3-4-6-17(16)24-27(19)9-8-22-20/h8-9,18H,3-7,10-14H2,1-2H3,(H,23,28). The average molecular weight is 431 g/mol. The third kappa shape index (κ3) is 4.26. The molecule has 9 heteroatoms. The van der Waals surface area contributed by atoms with Gasteiger partial charge in [0.2, 0.25) is 11.8 Å². The molecule has 4 rings (SSSR count). The molecule has 1 aliphatic heterocycles. The van der Waals surface area contributed by atoms with Crippen molar-refractivity contribution in [2.24, 2.45) is 0 Å². The van der Waals surface area contributed by atoms with Gasteiger partial charge in [-0.25, -0.2) is 9.50 Å². The summed E-state index contributed by atoms with van der Waals surface area (Å²) in [7, 11) is 0. The number of amides is 2. The largest absolute Gasteiger partial charge is 0.351 e. The fraction of sp³-hybridized carbons (Fsp3) is 0.619. The molecule has 2 amide bonds. The Morgan fingerprint density at radius 2 is 1.97 bits per heavy atom. The zero-order valence-electron chi connectivity index (χ0n) is 17.8. The van der Waals surface area contributed by atoms with Gasteiger partial charge in [-0.2, -0.15) is 16.9 Å². The number of aromatic nitrogens is 3. The van der Waals surface area contributed by atoms with Gasteiger partial charge in [0.15, 0.2) is 5.82 Å². The van der Waals surface area contributed by atoms with Crippen LogP contribution in [0, 0.1) is 0 Å². The number of hydrogen-bond donors (Lipinski definition) is 1. The average Bonchev–Trinajstić information content (AvgIpc) is 3.15. The number of piperazine rings is 1. The highest BCUT2D eigenvalue weighted by atomic mass is 32.2. The lowest BCUT2D eigenvalue weighted by atomic mass is 9.97. The number of fused-ring (bicyclic) bond motifs is 3. The van der Waals surface area contributed by atoms with E-state index in [1.54, 1.807) is 11.8 Å². The van der Waals surface area contributed by atoms with Crippen LogP contribution < -0.4 is 10.2 Å². The van der Waals surface area contributed by atoms with Crippen molar-refractivity contribution in [3.8, 4) is 0 Å². The van der Waals surface area contributed by atoms with Crippen molar-refractivity contribution in [2.75, 3.05) is 43.1 Å². The van der Waals surface area contributed by atoms with E-state index in [2.05, 4.69) is 10.2 Å². The minimum absolute atomic E-state index is 0.0202. The van der Waals surface area contributed by atoms with Gasteiger partial charge in [-0.05, 0) is 44.1 Å². The molecular formula is C21H30N6O2S. The number of anilines is 1. The van der Waals surface area contributed by atoms with E-state index in [9.17, 15) is 9.59 Å². The van der Waals surface area contributed by atoms with E-state index < -0.39 is 6.04 Å². The van der Waals surface area contributed by atoms with Crippen LogP contribution in [-0.2, 0) is 22.4 Å². The summed E-state index contributed by atoms with van der Waals surface area (Å²) in [4.78, 5) is 33.4. The number of rotatable bonds is 6. The van der Waals surface area contributed by atoms with Gasteiger partial charge in [0, 0.05) is 51.1 Å². The van der Waals surface area contributed by atoms with Crippen molar-refractivity contribution in [1.82, 2.24) is 24.8 Å². The van der Waals surface area contributed by atoms with Gasteiger partial charge in [-0.1, -0.05) is 0 Å². The Kier molecular flexibility index (Phi) is 6.46. The second-order valence-corrected chi connectivity index (χ2v) is 9.01. The SMILES string of the molecule is CSCCC(NC(C)=O)C(=O)N1CCN(c2nccn3nc4c(c23)CCCC4)CC1. The molecule has 2 aliphatic rings. The molecule has 0 aromatic carbocycles. The molecule has 1 aliphatic carbocycles. The van der Waals surface area contributed by atoms with Crippen LogP contribution in [0.25, 0.3) is 5.52 Å². The molecule has 1 N–H and O–H groups in total. The summed E-state index contributed by atoms with van der Waals surface area (Å²) >= 11 is 1.69. The summed E-state index contributed by atoms with van der Waals surface area (Å²) < 4.78 is 1.98. The van der Waals surface area contributed by atoms with Crippen LogP contribution in [0.15, 0.2) is 12.4 Å². The van der Waals surface area contributed by atoms with Gasteiger partial charge in [0.1, 0.15) is 11.6 Å². The number of thioether (sulfide) groups is 1. The first-order chi connectivity index (χ1) is 14.6. The summed E-state index contributed by atoms with van der Waals surface area (Å²) in [5, 5.41) is 7.60. The number of hydrogen-bond acceptors (Lipinski definition) is 6. The minimum atomic E-state index is -0.440. The molecule has 0 spiro atoms. The summed E-state index contributed by atoms with van der Waals surface area (Å²) in [6.07, 6.45) is 10.9. The van der Waals surface area contributed by atoms with Crippen LogP contribution in [-0.4, -0.2) is 75.5 Å². The van der Waals surface area contributed by atoms with E-state index in [0.717, 1.165) is 43.0 Å². The minimum Gasteiger partial charge on any atom is -0.351 e. The topological polar surface area (TPSA) is 82.8 Å².